The highest BCUT2D eigenvalue weighted by Gasteiger charge is 2.29. The van der Waals surface area contributed by atoms with Gasteiger partial charge in [-0.3, -0.25) is 18.8 Å². The summed E-state index contributed by atoms with van der Waals surface area (Å²) < 4.78 is 10.3. The summed E-state index contributed by atoms with van der Waals surface area (Å²) in [5, 5.41) is 0. The Bertz CT molecular complexity index is 1250. The minimum Gasteiger partial charge on any atom is -0.379 e. The van der Waals surface area contributed by atoms with Crippen LogP contribution in [0.3, 0.4) is 0 Å². The lowest BCUT2D eigenvalue weighted by Gasteiger charge is -2.33. The molecule has 0 saturated carbocycles. The highest BCUT2D eigenvalue weighted by atomic mass is 16.5. The minimum absolute atomic E-state index is 0.256. The molecule has 0 radical (unpaired) electrons. The van der Waals surface area contributed by atoms with E-state index in [0.717, 1.165) is 31.3 Å². The number of ether oxygens (including phenoxy) is 1. The van der Waals surface area contributed by atoms with Gasteiger partial charge in [-0.1, -0.05) is 24.6 Å². The molecule has 1 aromatic carbocycles. The number of hydrogen-bond donors (Lipinski definition) is 0. The molecule has 9 nitrogen and oxygen atoms in total. The van der Waals surface area contributed by atoms with E-state index >= 15 is 0 Å². The highest BCUT2D eigenvalue weighted by Crippen LogP contribution is 2.32. The van der Waals surface area contributed by atoms with Crippen molar-refractivity contribution in [2.24, 2.45) is 13.0 Å². The van der Waals surface area contributed by atoms with Crippen molar-refractivity contribution in [2.75, 3.05) is 44.3 Å². The number of morpholine rings is 1. The Labute approximate surface area is 186 Å². The Balaban J connectivity index is 1.60. The molecule has 0 spiro atoms. The second-order valence-corrected chi connectivity index (χ2v) is 9.00. The van der Waals surface area contributed by atoms with Crippen molar-refractivity contribution >= 4 is 22.8 Å². The van der Waals surface area contributed by atoms with Crippen LogP contribution in [-0.4, -0.2) is 63.0 Å². The van der Waals surface area contributed by atoms with Crippen LogP contribution in [0.25, 0.3) is 11.2 Å². The van der Waals surface area contributed by atoms with Gasteiger partial charge in [0, 0.05) is 52.0 Å². The average Bonchev–Trinajstić information content (AvgIpc) is 3.18. The Hall–Kier alpha value is -2.91. The van der Waals surface area contributed by atoms with Crippen LogP contribution in [0, 0.1) is 12.8 Å². The molecule has 170 valence electrons. The molecule has 0 N–H and O–H groups in total. The van der Waals surface area contributed by atoms with E-state index in [-0.39, 0.29) is 11.2 Å². The fourth-order valence-corrected chi connectivity index (χ4v) is 4.71. The lowest BCUT2D eigenvalue weighted by Crippen LogP contribution is -2.44. The molecule has 1 fully saturated rings. The van der Waals surface area contributed by atoms with Crippen molar-refractivity contribution < 1.29 is 4.74 Å². The average molecular weight is 439 g/mol. The number of rotatable bonds is 4. The monoisotopic (exact) mass is 438 g/mol. The molecule has 2 aliphatic rings. The zero-order valence-electron chi connectivity index (χ0n) is 19.0. The van der Waals surface area contributed by atoms with Gasteiger partial charge >= 0.3 is 5.69 Å². The van der Waals surface area contributed by atoms with E-state index in [1.165, 1.54) is 14.7 Å². The number of hydrogen-bond acceptors (Lipinski definition) is 6. The molecule has 2 aliphatic heterocycles. The smallest absolute Gasteiger partial charge is 0.332 e. The zero-order chi connectivity index (χ0) is 22.4. The normalized spacial score (nSPS) is 19.5. The molecule has 0 bridgehead atoms. The molecule has 32 heavy (non-hydrogen) atoms. The first kappa shape index (κ1) is 21.0. The van der Waals surface area contributed by atoms with E-state index in [1.54, 1.807) is 7.05 Å². The van der Waals surface area contributed by atoms with Crippen molar-refractivity contribution in [2.45, 2.75) is 26.9 Å². The number of nitrogens with zero attached hydrogens (tertiary/aromatic N) is 6. The largest absolute Gasteiger partial charge is 0.379 e. The summed E-state index contributed by atoms with van der Waals surface area (Å²) in [5.74, 6) is 1.06. The van der Waals surface area contributed by atoms with Crippen molar-refractivity contribution in [3.63, 3.8) is 0 Å². The number of fused-ring (bicyclic) bond motifs is 3. The molecule has 1 atom stereocenters. The van der Waals surface area contributed by atoms with Crippen LogP contribution >= 0.6 is 0 Å². The van der Waals surface area contributed by atoms with Gasteiger partial charge in [-0.15, -0.1) is 0 Å². The third-order valence-corrected chi connectivity index (χ3v) is 6.53. The van der Waals surface area contributed by atoms with Crippen LogP contribution in [0.2, 0.25) is 0 Å². The second-order valence-electron chi connectivity index (χ2n) is 9.00. The van der Waals surface area contributed by atoms with Gasteiger partial charge in [-0.2, -0.15) is 4.98 Å². The molecule has 2 aromatic heterocycles. The molecule has 9 heteroatoms. The fraction of sp³-hybridized carbons (Fsp3) is 0.522. The number of aryl methyl sites for hydroxylation is 2. The first-order valence-electron chi connectivity index (χ1n) is 11.3. The van der Waals surface area contributed by atoms with E-state index in [9.17, 15) is 9.59 Å². The van der Waals surface area contributed by atoms with Gasteiger partial charge in [-0.25, -0.2) is 4.79 Å². The highest BCUT2D eigenvalue weighted by molar-refractivity contribution is 5.77. The summed E-state index contributed by atoms with van der Waals surface area (Å²) in [6, 6.07) is 8.32. The molecule has 3 aromatic rings. The van der Waals surface area contributed by atoms with Gasteiger partial charge in [0.05, 0.1) is 13.2 Å². The third kappa shape index (κ3) is 3.55. The van der Waals surface area contributed by atoms with E-state index in [1.807, 2.05) is 4.57 Å². The Morgan fingerprint density at radius 3 is 2.50 bits per heavy atom. The predicted molar refractivity (Wildman–Crippen MR) is 124 cm³/mol. The quantitative estimate of drug-likeness (QED) is 0.612. The van der Waals surface area contributed by atoms with Gasteiger partial charge in [0.2, 0.25) is 5.95 Å². The molecular weight excluding hydrogens is 408 g/mol. The standard InChI is InChI=1S/C23H30N6O3/c1-16-4-6-18(7-5-16)28-14-17(2)15-29-19-20(24-22(28)29)25(3)23(31)27(21(19)30)9-8-26-10-12-32-13-11-26/h4-7,17H,8-15H2,1-3H3/t17-/m1/s1. The lowest BCUT2D eigenvalue weighted by molar-refractivity contribution is 0.0361. The van der Waals surface area contributed by atoms with Crippen LogP contribution in [-0.2, 0) is 24.9 Å². The first-order chi connectivity index (χ1) is 15.4. The molecule has 4 heterocycles. The van der Waals surface area contributed by atoms with Crippen LogP contribution in [0.1, 0.15) is 12.5 Å². The van der Waals surface area contributed by atoms with Crippen LogP contribution in [0.15, 0.2) is 33.9 Å². The molecule has 1 saturated heterocycles. The van der Waals surface area contributed by atoms with Crippen LogP contribution < -0.4 is 16.1 Å². The van der Waals surface area contributed by atoms with Gasteiger partial charge in [-0.05, 0) is 25.0 Å². The number of aromatic nitrogens is 4. The fourth-order valence-electron chi connectivity index (χ4n) is 4.71. The van der Waals surface area contributed by atoms with Gasteiger partial charge < -0.3 is 14.2 Å². The number of imidazole rings is 1. The maximum Gasteiger partial charge on any atom is 0.332 e. The van der Waals surface area contributed by atoms with Gasteiger partial charge in [0.1, 0.15) is 0 Å². The summed E-state index contributed by atoms with van der Waals surface area (Å²) in [4.78, 5) is 35.8. The molecule has 0 aliphatic carbocycles. The topological polar surface area (TPSA) is 77.5 Å². The van der Waals surface area contributed by atoms with Crippen molar-refractivity contribution in [1.82, 2.24) is 23.6 Å². The van der Waals surface area contributed by atoms with Crippen molar-refractivity contribution in [1.29, 1.82) is 0 Å². The summed E-state index contributed by atoms with van der Waals surface area (Å²) in [6.07, 6.45) is 0. The molecular formula is C23H30N6O3. The van der Waals surface area contributed by atoms with E-state index in [4.69, 9.17) is 9.72 Å². The van der Waals surface area contributed by atoms with Crippen LogP contribution in [0.5, 0.6) is 0 Å². The number of benzene rings is 1. The van der Waals surface area contributed by atoms with Crippen molar-refractivity contribution in [3.05, 3.63) is 50.7 Å². The maximum atomic E-state index is 13.5. The SMILES string of the molecule is Cc1ccc(N2C[C@@H](C)Cn3c2nc2c3c(=O)n(CCN3CCOCC3)c(=O)n2C)cc1. The summed E-state index contributed by atoms with van der Waals surface area (Å²) in [7, 11) is 1.70. The minimum atomic E-state index is -0.318. The van der Waals surface area contributed by atoms with Gasteiger partial charge in [0.15, 0.2) is 11.2 Å². The number of anilines is 2. The van der Waals surface area contributed by atoms with E-state index < -0.39 is 0 Å². The molecule has 0 amide bonds. The Kier molecular flexibility index (Phi) is 5.38. The van der Waals surface area contributed by atoms with E-state index in [2.05, 4.69) is 47.9 Å². The Morgan fingerprint density at radius 2 is 1.78 bits per heavy atom. The summed E-state index contributed by atoms with van der Waals surface area (Å²) in [6.45, 7) is 9.78. The zero-order valence-corrected chi connectivity index (χ0v) is 19.0. The van der Waals surface area contributed by atoms with Crippen LogP contribution in [0.4, 0.5) is 11.6 Å². The van der Waals surface area contributed by atoms with Gasteiger partial charge in [0.25, 0.3) is 5.56 Å². The Morgan fingerprint density at radius 1 is 1.06 bits per heavy atom. The third-order valence-electron chi connectivity index (χ3n) is 6.53. The molecule has 5 rings (SSSR count). The second kappa shape index (κ2) is 8.22. The summed E-state index contributed by atoms with van der Waals surface area (Å²) in [5.41, 5.74) is 2.61. The van der Waals surface area contributed by atoms with Crippen molar-refractivity contribution in [3.8, 4) is 0 Å². The predicted octanol–water partition coefficient (Wildman–Crippen LogP) is 1.33. The lowest BCUT2D eigenvalue weighted by atomic mass is 10.1. The molecule has 0 unspecified atom stereocenters. The maximum absolute atomic E-state index is 13.5. The van der Waals surface area contributed by atoms with E-state index in [0.29, 0.717) is 49.9 Å². The summed E-state index contributed by atoms with van der Waals surface area (Å²) >= 11 is 0. The first-order valence-corrected chi connectivity index (χ1v) is 11.3.